The summed E-state index contributed by atoms with van der Waals surface area (Å²) in [5.74, 6) is -0.199. The van der Waals surface area contributed by atoms with Crippen LogP contribution in [-0.4, -0.2) is 25.8 Å². The van der Waals surface area contributed by atoms with Crippen molar-refractivity contribution in [2.75, 3.05) is 5.32 Å². The Morgan fingerprint density at radius 2 is 1.57 bits per heavy atom. The largest absolute Gasteiger partial charge is 0.320 e. The summed E-state index contributed by atoms with van der Waals surface area (Å²) in [7, 11) is 0. The predicted octanol–water partition coefficient (Wildman–Crippen LogP) is 3.66. The number of allylic oxidation sites excluding steroid dienone is 1. The fourth-order valence-corrected chi connectivity index (χ4v) is 3.16. The van der Waals surface area contributed by atoms with E-state index in [0.29, 0.717) is 30.9 Å². The molecule has 3 heterocycles. The van der Waals surface area contributed by atoms with Crippen LogP contribution in [0.25, 0.3) is 0 Å². The third-order valence-electron chi connectivity index (χ3n) is 4.58. The second-order valence-electron chi connectivity index (χ2n) is 6.82. The molecule has 3 aromatic rings. The molecule has 0 saturated carbocycles. The van der Waals surface area contributed by atoms with Crippen LogP contribution in [0.1, 0.15) is 17.1 Å². The number of hydrogen-bond acceptors (Lipinski definition) is 5. The lowest BCUT2D eigenvalue weighted by atomic mass is 10.2. The summed E-state index contributed by atoms with van der Waals surface area (Å²) >= 11 is 0. The first-order valence-corrected chi connectivity index (χ1v) is 9.69. The van der Waals surface area contributed by atoms with Gasteiger partial charge in [-0.25, -0.2) is 0 Å². The van der Waals surface area contributed by atoms with Gasteiger partial charge in [0.05, 0.1) is 28.3 Å². The van der Waals surface area contributed by atoms with Gasteiger partial charge in [-0.1, -0.05) is 18.2 Å². The molecule has 3 aromatic heterocycles. The first-order valence-electron chi connectivity index (χ1n) is 9.69. The standard InChI is InChI=1S/C24H21N5O/c30-24(19-8-1-2-9-19)28-22-12-7-15-27-23(22)18-29(16-20-10-3-5-13-25-20)17-21-11-4-6-14-26-21/h1-8,10-15H,16-18H2,(H,28,30). The molecule has 1 aliphatic carbocycles. The Morgan fingerprint density at radius 1 is 0.867 bits per heavy atom. The number of nitrogens with zero attached hydrogens (tertiary/aromatic N) is 4. The molecule has 0 radical (unpaired) electrons. The molecule has 0 bridgehead atoms. The average Bonchev–Trinajstić information content (AvgIpc) is 3.32. The lowest BCUT2D eigenvalue weighted by molar-refractivity contribution is -0.112. The lowest BCUT2D eigenvalue weighted by Crippen LogP contribution is -2.25. The number of pyridine rings is 3. The van der Waals surface area contributed by atoms with E-state index in [1.54, 1.807) is 36.8 Å². The summed E-state index contributed by atoms with van der Waals surface area (Å²) in [6.45, 7) is 1.81. The molecule has 6 heteroatoms. The SMILES string of the molecule is O=C(Nc1cccnc1CN(Cc1ccccn1)Cc1ccccn1)C1=C=CC=C1. The Morgan fingerprint density at radius 3 is 2.17 bits per heavy atom. The van der Waals surface area contributed by atoms with Crippen LogP contribution in [-0.2, 0) is 24.4 Å². The fourth-order valence-electron chi connectivity index (χ4n) is 3.16. The van der Waals surface area contributed by atoms with Crippen LogP contribution in [0.3, 0.4) is 0 Å². The van der Waals surface area contributed by atoms with Gasteiger partial charge in [0.1, 0.15) is 0 Å². The normalized spacial score (nSPS) is 12.2. The minimum absolute atomic E-state index is 0.199. The van der Waals surface area contributed by atoms with Crippen LogP contribution < -0.4 is 5.32 Å². The second-order valence-corrected chi connectivity index (χ2v) is 6.82. The fraction of sp³-hybridized carbons (Fsp3) is 0.125. The maximum absolute atomic E-state index is 12.5. The minimum atomic E-state index is -0.199. The molecule has 6 nitrogen and oxygen atoms in total. The molecule has 0 atom stereocenters. The summed E-state index contributed by atoms with van der Waals surface area (Å²) in [5.41, 5.74) is 6.81. The number of anilines is 1. The number of aromatic nitrogens is 3. The Labute approximate surface area is 175 Å². The van der Waals surface area contributed by atoms with Gasteiger partial charge in [-0.2, -0.15) is 0 Å². The summed E-state index contributed by atoms with van der Waals surface area (Å²) in [4.78, 5) is 28.1. The Hall–Kier alpha value is -3.86. The molecule has 148 valence electrons. The molecule has 1 aliphatic rings. The van der Waals surface area contributed by atoms with Crippen LogP contribution in [0.15, 0.2) is 96.7 Å². The highest BCUT2D eigenvalue weighted by atomic mass is 16.1. The van der Waals surface area contributed by atoms with Crippen LogP contribution in [0, 0.1) is 0 Å². The predicted molar refractivity (Wildman–Crippen MR) is 115 cm³/mol. The molecular weight excluding hydrogens is 374 g/mol. The molecule has 0 spiro atoms. The quantitative estimate of drug-likeness (QED) is 0.590. The number of nitrogens with one attached hydrogen (secondary N) is 1. The van der Waals surface area contributed by atoms with Crippen molar-refractivity contribution in [3.8, 4) is 0 Å². The smallest absolute Gasteiger partial charge is 0.263 e. The monoisotopic (exact) mass is 395 g/mol. The molecule has 0 fully saturated rings. The van der Waals surface area contributed by atoms with Crippen molar-refractivity contribution in [1.29, 1.82) is 0 Å². The number of hydrogen-bond donors (Lipinski definition) is 1. The van der Waals surface area contributed by atoms with E-state index in [2.05, 4.69) is 30.9 Å². The zero-order chi connectivity index (χ0) is 20.6. The molecular formula is C24H21N5O. The van der Waals surface area contributed by atoms with Crippen molar-refractivity contribution >= 4 is 11.6 Å². The lowest BCUT2D eigenvalue weighted by Gasteiger charge is -2.22. The summed E-state index contributed by atoms with van der Waals surface area (Å²) < 4.78 is 0. The Balaban J connectivity index is 1.55. The van der Waals surface area contributed by atoms with Gasteiger partial charge in [0.25, 0.3) is 5.91 Å². The van der Waals surface area contributed by atoms with Gasteiger partial charge in [-0.3, -0.25) is 24.6 Å². The molecule has 1 amide bonds. The maximum atomic E-state index is 12.5. The summed E-state index contributed by atoms with van der Waals surface area (Å²) in [5, 5.41) is 2.96. The first-order chi connectivity index (χ1) is 14.8. The Kier molecular flexibility index (Phi) is 6.20. The molecule has 1 N–H and O–H groups in total. The van der Waals surface area contributed by atoms with Crippen molar-refractivity contribution in [2.24, 2.45) is 0 Å². The van der Waals surface area contributed by atoms with E-state index in [4.69, 9.17) is 0 Å². The topological polar surface area (TPSA) is 71.0 Å². The maximum Gasteiger partial charge on any atom is 0.263 e. The number of amides is 1. The van der Waals surface area contributed by atoms with Gasteiger partial charge in [-0.05, 0) is 48.6 Å². The molecule has 0 saturated heterocycles. The highest BCUT2D eigenvalue weighted by Crippen LogP contribution is 2.19. The van der Waals surface area contributed by atoms with Crippen molar-refractivity contribution in [1.82, 2.24) is 19.9 Å². The zero-order valence-electron chi connectivity index (χ0n) is 16.4. The first kappa shape index (κ1) is 19.5. The zero-order valence-corrected chi connectivity index (χ0v) is 16.4. The van der Waals surface area contributed by atoms with Gasteiger partial charge in [0, 0.05) is 38.2 Å². The third kappa shape index (κ3) is 5.14. The molecule has 4 rings (SSSR count). The van der Waals surface area contributed by atoms with E-state index in [9.17, 15) is 4.79 Å². The van der Waals surface area contributed by atoms with Crippen molar-refractivity contribution in [3.63, 3.8) is 0 Å². The van der Waals surface area contributed by atoms with E-state index in [1.165, 1.54) is 0 Å². The van der Waals surface area contributed by atoms with Gasteiger partial charge in [-0.15, -0.1) is 5.73 Å². The van der Waals surface area contributed by atoms with Crippen LogP contribution in [0.5, 0.6) is 0 Å². The van der Waals surface area contributed by atoms with Crippen LogP contribution in [0.4, 0.5) is 5.69 Å². The van der Waals surface area contributed by atoms with Crippen molar-refractivity contribution in [3.05, 3.63) is 114 Å². The molecule has 0 unspecified atom stereocenters. The second kappa shape index (κ2) is 9.56. The number of rotatable bonds is 8. The van der Waals surface area contributed by atoms with Crippen LogP contribution >= 0.6 is 0 Å². The van der Waals surface area contributed by atoms with Gasteiger partial charge in [0.15, 0.2) is 0 Å². The van der Waals surface area contributed by atoms with E-state index in [1.807, 2.05) is 48.5 Å². The number of carbonyl (C=O) groups is 1. The average molecular weight is 395 g/mol. The third-order valence-corrected chi connectivity index (χ3v) is 4.58. The molecule has 0 aromatic carbocycles. The number of carbonyl (C=O) groups excluding carboxylic acids is 1. The van der Waals surface area contributed by atoms with Crippen molar-refractivity contribution < 1.29 is 4.79 Å². The van der Waals surface area contributed by atoms with E-state index >= 15 is 0 Å². The highest BCUT2D eigenvalue weighted by molar-refractivity contribution is 6.06. The molecule has 0 aliphatic heterocycles. The van der Waals surface area contributed by atoms with Gasteiger partial charge >= 0.3 is 0 Å². The van der Waals surface area contributed by atoms with E-state index in [-0.39, 0.29) is 5.91 Å². The highest BCUT2D eigenvalue weighted by Gasteiger charge is 2.15. The summed E-state index contributed by atoms with van der Waals surface area (Å²) in [6, 6.07) is 15.4. The van der Waals surface area contributed by atoms with E-state index < -0.39 is 0 Å². The van der Waals surface area contributed by atoms with Crippen LogP contribution in [0.2, 0.25) is 0 Å². The van der Waals surface area contributed by atoms with E-state index in [0.717, 1.165) is 17.1 Å². The summed E-state index contributed by atoms with van der Waals surface area (Å²) in [6.07, 6.45) is 10.6. The van der Waals surface area contributed by atoms with Crippen molar-refractivity contribution in [2.45, 2.75) is 19.6 Å². The Bertz CT molecular complexity index is 1060. The molecule has 30 heavy (non-hydrogen) atoms. The van der Waals surface area contributed by atoms with Gasteiger partial charge in [0.2, 0.25) is 0 Å². The minimum Gasteiger partial charge on any atom is -0.320 e. The van der Waals surface area contributed by atoms with Gasteiger partial charge < -0.3 is 5.32 Å².